The van der Waals surface area contributed by atoms with E-state index in [4.69, 9.17) is 23.1 Å². The molecule has 2 nitrogen and oxygen atoms in total. The lowest BCUT2D eigenvalue weighted by molar-refractivity contribution is 1.19. The van der Waals surface area contributed by atoms with Crippen LogP contribution in [0.2, 0.25) is 5.02 Å². The maximum Gasteiger partial charge on any atom is 0.0461 e. The standard InChI is InChI=1S/C13H13ClN2/c14-13-8-12(16)6-3-10(13)7-9-1-4-11(15)5-2-9/h1-6,8H,7,15-16H2. The summed E-state index contributed by atoms with van der Waals surface area (Å²) in [6.07, 6.45) is 0.791. The van der Waals surface area contributed by atoms with Crippen molar-refractivity contribution in [1.82, 2.24) is 0 Å². The highest BCUT2D eigenvalue weighted by Gasteiger charge is 2.02. The van der Waals surface area contributed by atoms with Crippen LogP contribution in [0.3, 0.4) is 0 Å². The van der Waals surface area contributed by atoms with E-state index in [1.54, 1.807) is 6.07 Å². The minimum Gasteiger partial charge on any atom is -0.399 e. The molecule has 0 amide bonds. The van der Waals surface area contributed by atoms with Crippen LogP contribution in [0.5, 0.6) is 0 Å². The van der Waals surface area contributed by atoms with Crippen LogP contribution in [0, 0.1) is 0 Å². The van der Waals surface area contributed by atoms with Crippen molar-refractivity contribution in [2.45, 2.75) is 6.42 Å². The quantitative estimate of drug-likeness (QED) is 0.782. The van der Waals surface area contributed by atoms with Gasteiger partial charge in [-0.15, -0.1) is 0 Å². The van der Waals surface area contributed by atoms with Gasteiger partial charge in [0.05, 0.1) is 0 Å². The number of nitrogens with two attached hydrogens (primary N) is 2. The first-order valence-electron chi connectivity index (χ1n) is 5.03. The molecule has 0 aliphatic heterocycles. The molecule has 3 heteroatoms. The number of rotatable bonds is 2. The molecule has 0 saturated carbocycles. The molecular weight excluding hydrogens is 220 g/mol. The molecule has 0 heterocycles. The van der Waals surface area contributed by atoms with Crippen molar-refractivity contribution < 1.29 is 0 Å². The molecule has 16 heavy (non-hydrogen) atoms. The van der Waals surface area contributed by atoms with Gasteiger partial charge in [0.15, 0.2) is 0 Å². The fraction of sp³-hybridized carbons (Fsp3) is 0.0769. The lowest BCUT2D eigenvalue weighted by atomic mass is 10.0. The lowest BCUT2D eigenvalue weighted by Gasteiger charge is -2.05. The SMILES string of the molecule is Nc1ccc(Cc2ccc(N)cc2Cl)cc1. The van der Waals surface area contributed by atoms with E-state index in [2.05, 4.69) is 0 Å². The summed E-state index contributed by atoms with van der Waals surface area (Å²) in [5.74, 6) is 0. The molecule has 2 aromatic rings. The Morgan fingerprint density at radius 2 is 1.50 bits per heavy atom. The predicted octanol–water partition coefficient (Wildman–Crippen LogP) is 3.10. The topological polar surface area (TPSA) is 52.0 Å². The van der Waals surface area contributed by atoms with Gasteiger partial charge in [-0.3, -0.25) is 0 Å². The molecule has 82 valence electrons. The first-order chi connectivity index (χ1) is 7.65. The summed E-state index contributed by atoms with van der Waals surface area (Å²) in [5.41, 5.74) is 15.0. The summed E-state index contributed by atoms with van der Waals surface area (Å²) < 4.78 is 0. The first kappa shape index (κ1) is 10.8. The van der Waals surface area contributed by atoms with Crippen LogP contribution in [-0.4, -0.2) is 0 Å². The molecule has 0 bridgehead atoms. The van der Waals surface area contributed by atoms with Crippen LogP contribution in [0.15, 0.2) is 42.5 Å². The fourth-order valence-corrected chi connectivity index (χ4v) is 1.82. The Morgan fingerprint density at radius 3 is 2.12 bits per heavy atom. The highest BCUT2D eigenvalue weighted by molar-refractivity contribution is 6.31. The van der Waals surface area contributed by atoms with E-state index in [0.717, 1.165) is 17.7 Å². The molecule has 0 unspecified atom stereocenters. The second kappa shape index (κ2) is 4.45. The summed E-state index contributed by atoms with van der Waals surface area (Å²) in [6.45, 7) is 0. The Labute approximate surface area is 99.8 Å². The Kier molecular flexibility index (Phi) is 3.02. The number of halogens is 1. The van der Waals surface area contributed by atoms with Gasteiger partial charge < -0.3 is 11.5 Å². The Morgan fingerprint density at radius 1 is 0.875 bits per heavy atom. The molecule has 0 fully saturated rings. The molecular formula is C13H13ClN2. The molecule has 2 rings (SSSR count). The molecule has 0 aromatic heterocycles. The zero-order valence-corrected chi connectivity index (χ0v) is 9.54. The van der Waals surface area contributed by atoms with Crippen molar-refractivity contribution >= 4 is 23.0 Å². The van der Waals surface area contributed by atoms with E-state index in [9.17, 15) is 0 Å². The van der Waals surface area contributed by atoms with Crippen molar-refractivity contribution in [1.29, 1.82) is 0 Å². The second-order valence-electron chi connectivity index (χ2n) is 3.77. The van der Waals surface area contributed by atoms with Gasteiger partial charge in [0.2, 0.25) is 0 Å². The van der Waals surface area contributed by atoms with E-state index >= 15 is 0 Å². The summed E-state index contributed by atoms with van der Waals surface area (Å²) >= 11 is 6.11. The van der Waals surface area contributed by atoms with Crippen LogP contribution in [0.25, 0.3) is 0 Å². The largest absolute Gasteiger partial charge is 0.399 e. The van der Waals surface area contributed by atoms with E-state index in [-0.39, 0.29) is 0 Å². The van der Waals surface area contributed by atoms with Crippen molar-refractivity contribution in [2.75, 3.05) is 11.5 Å². The second-order valence-corrected chi connectivity index (χ2v) is 4.18. The zero-order valence-electron chi connectivity index (χ0n) is 8.78. The van der Waals surface area contributed by atoms with Crippen molar-refractivity contribution in [2.24, 2.45) is 0 Å². The van der Waals surface area contributed by atoms with Crippen molar-refractivity contribution in [3.05, 3.63) is 58.6 Å². The third kappa shape index (κ3) is 2.47. The van der Waals surface area contributed by atoms with E-state index in [1.807, 2.05) is 36.4 Å². The monoisotopic (exact) mass is 232 g/mol. The van der Waals surface area contributed by atoms with Gasteiger partial charge >= 0.3 is 0 Å². The van der Waals surface area contributed by atoms with Crippen LogP contribution in [0.1, 0.15) is 11.1 Å². The number of anilines is 2. The molecule has 0 spiro atoms. The Hall–Kier alpha value is -1.67. The van der Waals surface area contributed by atoms with Gasteiger partial charge in [-0.05, 0) is 41.8 Å². The van der Waals surface area contributed by atoms with Crippen molar-refractivity contribution in [3.63, 3.8) is 0 Å². The van der Waals surface area contributed by atoms with Gasteiger partial charge in [-0.25, -0.2) is 0 Å². The number of benzene rings is 2. The number of nitrogen functional groups attached to an aromatic ring is 2. The lowest BCUT2D eigenvalue weighted by Crippen LogP contribution is -1.92. The number of hydrogen-bond donors (Lipinski definition) is 2. The molecule has 4 N–H and O–H groups in total. The van der Waals surface area contributed by atoms with E-state index < -0.39 is 0 Å². The molecule has 0 saturated heterocycles. The molecule has 0 aliphatic rings. The van der Waals surface area contributed by atoms with E-state index in [0.29, 0.717) is 10.7 Å². The van der Waals surface area contributed by atoms with Crippen LogP contribution < -0.4 is 11.5 Å². The maximum absolute atomic E-state index is 6.11. The molecule has 2 aromatic carbocycles. The molecule has 0 radical (unpaired) electrons. The van der Waals surface area contributed by atoms with Gasteiger partial charge in [-0.1, -0.05) is 29.8 Å². The highest BCUT2D eigenvalue weighted by Crippen LogP contribution is 2.22. The minimum absolute atomic E-state index is 0.686. The van der Waals surface area contributed by atoms with Crippen LogP contribution in [0.4, 0.5) is 11.4 Å². The summed E-state index contributed by atoms with van der Waals surface area (Å²) in [6, 6.07) is 13.4. The average molecular weight is 233 g/mol. The highest BCUT2D eigenvalue weighted by atomic mass is 35.5. The smallest absolute Gasteiger partial charge is 0.0461 e. The minimum atomic E-state index is 0.686. The summed E-state index contributed by atoms with van der Waals surface area (Å²) in [5, 5.41) is 0.705. The Bertz CT molecular complexity index is 492. The number of hydrogen-bond acceptors (Lipinski definition) is 2. The third-order valence-electron chi connectivity index (χ3n) is 2.45. The van der Waals surface area contributed by atoms with Crippen molar-refractivity contribution in [3.8, 4) is 0 Å². The zero-order chi connectivity index (χ0) is 11.5. The fourth-order valence-electron chi connectivity index (χ4n) is 1.56. The molecule has 0 atom stereocenters. The van der Waals surface area contributed by atoms with E-state index in [1.165, 1.54) is 5.56 Å². The van der Waals surface area contributed by atoms with Crippen LogP contribution in [-0.2, 0) is 6.42 Å². The normalized spacial score (nSPS) is 10.3. The average Bonchev–Trinajstić information content (AvgIpc) is 2.25. The van der Waals surface area contributed by atoms with Gasteiger partial charge in [-0.2, -0.15) is 0 Å². The maximum atomic E-state index is 6.11. The predicted molar refractivity (Wildman–Crippen MR) is 69.5 cm³/mol. The summed E-state index contributed by atoms with van der Waals surface area (Å²) in [4.78, 5) is 0. The van der Waals surface area contributed by atoms with Gasteiger partial charge in [0.25, 0.3) is 0 Å². The van der Waals surface area contributed by atoms with Gasteiger partial charge in [0.1, 0.15) is 0 Å². The van der Waals surface area contributed by atoms with Crippen LogP contribution >= 0.6 is 11.6 Å². The third-order valence-corrected chi connectivity index (χ3v) is 2.80. The molecule has 0 aliphatic carbocycles. The summed E-state index contributed by atoms with van der Waals surface area (Å²) in [7, 11) is 0. The van der Waals surface area contributed by atoms with Gasteiger partial charge in [0, 0.05) is 16.4 Å². The Balaban J connectivity index is 2.23. The first-order valence-corrected chi connectivity index (χ1v) is 5.41.